The largest absolute Gasteiger partial charge is 0.461 e. The van der Waals surface area contributed by atoms with Crippen LogP contribution in [0.25, 0.3) is 17.3 Å². The summed E-state index contributed by atoms with van der Waals surface area (Å²) < 4.78 is 7.46. The Morgan fingerprint density at radius 1 is 1.12 bits per heavy atom. The van der Waals surface area contributed by atoms with Crippen molar-refractivity contribution in [2.75, 3.05) is 14.1 Å². The lowest BCUT2D eigenvalue weighted by Gasteiger charge is -2.23. The third-order valence-corrected chi connectivity index (χ3v) is 5.39. The Kier molecular flexibility index (Phi) is 5.46. The van der Waals surface area contributed by atoms with Gasteiger partial charge in [0.05, 0.1) is 11.5 Å². The van der Waals surface area contributed by atoms with Gasteiger partial charge in [-0.1, -0.05) is 43.8 Å². The van der Waals surface area contributed by atoms with Crippen LogP contribution in [0.3, 0.4) is 0 Å². The Hall–Kier alpha value is -2.54. The summed E-state index contributed by atoms with van der Waals surface area (Å²) in [7, 11) is 3.54. The standard InChI is InChI=1S/C19H22N4O2S/c1-13(2)16(18(24)22(3)4)26-19-21-20-17(15-11-8-12-25-15)23(19)14-9-6-5-7-10-14/h5-13,16H,1-4H3. The molecule has 0 aliphatic carbocycles. The zero-order valence-corrected chi connectivity index (χ0v) is 16.1. The fraction of sp³-hybridized carbons (Fsp3) is 0.316. The van der Waals surface area contributed by atoms with Gasteiger partial charge in [0, 0.05) is 19.8 Å². The second kappa shape index (κ2) is 7.78. The molecule has 0 spiro atoms. The fourth-order valence-electron chi connectivity index (χ4n) is 2.56. The summed E-state index contributed by atoms with van der Waals surface area (Å²) in [4.78, 5) is 14.2. The molecule has 6 nitrogen and oxygen atoms in total. The van der Waals surface area contributed by atoms with E-state index in [1.54, 1.807) is 25.3 Å². The summed E-state index contributed by atoms with van der Waals surface area (Å²) in [5, 5.41) is 9.10. The molecule has 2 aromatic heterocycles. The van der Waals surface area contributed by atoms with E-state index in [4.69, 9.17) is 4.42 Å². The van der Waals surface area contributed by atoms with E-state index in [1.165, 1.54) is 11.8 Å². The van der Waals surface area contributed by atoms with Gasteiger partial charge in [-0.25, -0.2) is 0 Å². The lowest BCUT2D eigenvalue weighted by atomic mass is 10.1. The number of nitrogens with zero attached hydrogens (tertiary/aromatic N) is 4. The highest BCUT2D eigenvalue weighted by Gasteiger charge is 2.29. The van der Waals surface area contributed by atoms with Gasteiger partial charge in [0.15, 0.2) is 10.9 Å². The van der Waals surface area contributed by atoms with Crippen LogP contribution in [0.4, 0.5) is 0 Å². The van der Waals surface area contributed by atoms with E-state index in [2.05, 4.69) is 10.2 Å². The second-order valence-electron chi connectivity index (χ2n) is 6.47. The van der Waals surface area contributed by atoms with Crippen molar-refractivity contribution in [3.05, 3.63) is 48.7 Å². The van der Waals surface area contributed by atoms with Crippen molar-refractivity contribution in [1.29, 1.82) is 0 Å². The number of carbonyl (C=O) groups is 1. The summed E-state index contributed by atoms with van der Waals surface area (Å²) in [6.07, 6.45) is 1.61. The van der Waals surface area contributed by atoms with Crippen LogP contribution in [0.15, 0.2) is 58.3 Å². The minimum absolute atomic E-state index is 0.0622. The quantitative estimate of drug-likeness (QED) is 0.619. The van der Waals surface area contributed by atoms with Crippen molar-refractivity contribution in [2.45, 2.75) is 24.3 Å². The predicted molar refractivity (Wildman–Crippen MR) is 102 cm³/mol. The molecular formula is C19H22N4O2S. The van der Waals surface area contributed by atoms with Crippen molar-refractivity contribution < 1.29 is 9.21 Å². The number of thioether (sulfide) groups is 1. The molecule has 1 aromatic carbocycles. The van der Waals surface area contributed by atoms with Gasteiger partial charge in [-0.15, -0.1) is 10.2 Å². The molecule has 0 radical (unpaired) electrons. The Bertz CT molecular complexity index is 857. The molecule has 0 aliphatic heterocycles. The number of amides is 1. The minimum Gasteiger partial charge on any atom is -0.461 e. The molecule has 1 amide bonds. The van der Waals surface area contributed by atoms with Crippen LogP contribution in [0.5, 0.6) is 0 Å². The molecule has 136 valence electrons. The van der Waals surface area contributed by atoms with Crippen LogP contribution in [0.2, 0.25) is 0 Å². The summed E-state index contributed by atoms with van der Waals surface area (Å²) in [5.74, 6) is 1.46. The Labute approximate surface area is 157 Å². The van der Waals surface area contributed by atoms with Crippen molar-refractivity contribution in [3.63, 3.8) is 0 Å². The van der Waals surface area contributed by atoms with Gasteiger partial charge >= 0.3 is 0 Å². The Balaban J connectivity index is 2.06. The number of benzene rings is 1. The molecule has 2 heterocycles. The van der Waals surface area contributed by atoms with Crippen LogP contribution in [0.1, 0.15) is 13.8 Å². The molecule has 3 rings (SSSR count). The van der Waals surface area contributed by atoms with Gasteiger partial charge in [-0.05, 0) is 30.2 Å². The van der Waals surface area contributed by atoms with Gasteiger partial charge < -0.3 is 9.32 Å². The Morgan fingerprint density at radius 2 is 1.85 bits per heavy atom. The molecule has 0 N–H and O–H groups in total. The Morgan fingerprint density at radius 3 is 2.42 bits per heavy atom. The first-order valence-corrected chi connectivity index (χ1v) is 9.29. The summed E-state index contributed by atoms with van der Waals surface area (Å²) in [6.45, 7) is 4.07. The normalized spacial score (nSPS) is 12.3. The molecule has 0 saturated heterocycles. The zero-order valence-electron chi connectivity index (χ0n) is 15.3. The highest BCUT2D eigenvalue weighted by Crippen LogP contribution is 2.33. The van der Waals surface area contributed by atoms with Crippen molar-refractivity contribution in [1.82, 2.24) is 19.7 Å². The first-order chi connectivity index (χ1) is 12.5. The van der Waals surface area contributed by atoms with E-state index < -0.39 is 0 Å². The van der Waals surface area contributed by atoms with Crippen molar-refractivity contribution >= 4 is 17.7 Å². The van der Waals surface area contributed by atoms with Crippen LogP contribution >= 0.6 is 11.8 Å². The average molecular weight is 370 g/mol. The van der Waals surface area contributed by atoms with Gasteiger partial charge in [-0.3, -0.25) is 9.36 Å². The van der Waals surface area contributed by atoms with E-state index in [9.17, 15) is 4.79 Å². The van der Waals surface area contributed by atoms with Crippen LogP contribution < -0.4 is 0 Å². The average Bonchev–Trinajstić information content (AvgIpc) is 3.28. The predicted octanol–water partition coefficient (Wildman–Crippen LogP) is 3.73. The number of carbonyl (C=O) groups excluding carboxylic acids is 1. The molecule has 1 unspecified atom stereocenters. The minimum atomic E-state index is -0.249. The second-order valence-corrected chi connectivity index (χ2v) is 7.58. The SMILES string of the molecule is CC(C)C(Sc1nnc(-c2ccco2)n1-c1ccccc1)C(=O)N(C)C. The highest BCUT2D eigenvalue weighted by molar-refractivity contribution is 8.00. The first kappa shape index (κ1) is 18.3. The molecule has 3 aromatic rings. The molecule has 0 aliphatic rings. The van der Waals surface area contributed by atoms with Crippen molar-refractivity contribution in [2.24, 2.45) is 5.92 Å². The molecule has 0 saturated carbocycles. The molecule has 0 fully saturated rings. The van der Waals surface area contributed by atoms with Gasteiger partial charge in [0.1, 0.15) is 0 Å². The maximum atomic E-state index is 12.6. The maximum absolute atomic E-state index is 12.6. The smallest absolute Gasteiger partial charge is 0.235 e. The third-order valence-electron chi connectivity index (χ3n) is 3.91. The number of hydrogen-bond donors (Lipinski definition) is 0. The number of aromatic nitrogens is 3. The lowest BCUT2D eigenvalue weighted by molar-refractivity contribution is -0.128. The van der Waals surface area contributed by atoms with E-state index in [0.717, 1.165) is 5.69 Å². The van der Waals surface area contributed by atoms with Crippen LogP contribution in [-0.4, -0.2) is 44.9 Å². The number of para-hydroxylation sites is 1. The van der Waals surface area contributed by atoms with E-state index in [0.29, 0.717) is 16.7 Å². The maximum Gasteiger partial charge on any atom is 0.235 e. The zero-order chi connectivity index (χ0) is 18.7. The molecule has 0 bridgehead atoms. The topological polar surface area (TPSA) is 64.2 Å². The molecule has 26 heavy (non-hydrogen) atoms. The summed E-state index contributed by atoms with van der Waals surface area (Å²) in [5.41, 5.74) is 0.922. The monoisotopic (exact) mass is 370 g/mol. The lowest BCUT2D eigenvalue weighted by Crippen LogP contribution is -2.35. The highest BCUT2D eigenvalue weighted by atomic mass is 32.2. The number of rotatable bonds is 6. The van der Waals surface area contributed by atoms with Crippen molar-refractivity contribution in [3.8, 4) is 17.3 Å². The van der Waals surface area contributed by atoms with E-state index in [1.807, 2.05) is 60.9 Å². The first-order valence-electron chi connectivity index (χ1n) is 8.41. The van der Waals surface area contributed by atoms with E-state index >= 15 is 0 Å². The van der Waals surface area contributed by atoms with Gasteiger partial charge in [0.2, 0.25) is 11.7 Å². The molecule has 7 heteroatoms. The molecular weight excluding hydrogens is 348 g/mol. The van der Waals surface area contributed by atoms with E-state index in [-0.39, 0.29) is 17.1 Å². The summed E-state index contributed by atoms with van der Waals surface area (Å²) in [6, 6.07) is 13.5. The third kappa shape index (κ3) is 3.67. The van der Waals surface area contributed by atoms with Crippen LogP contribution in [0, 0.1) is 5.92 Å². The van der Waals surface area contributed by atoms with Crippen LogP contribution in [-0.2, 0) is 4.79 Å². The number of furan rings is 1. The number of hydrogen-bond acceptors (Lipinski definition) is 5. The van der Waals surface area contributed by atoms with Gasteiger partial charge in [-0.2, -0.15) is 0 Å². The fourth-order valence-corrected chi connectivity index (χ4v) is 3.76. The van der Waals surface area contributed by atoms with Gasteiger partial charge in [0.25, 0.3) is 0 Å². The molecule has 1 atom stereocenters. The summed E-state index contributed by atoms with van der Waals surface area (Å²) >= 11 is 1.43.